The molecule has 4 heteroatoms. The van der Waals surface area contributed by atoms with Crippen LogP contribution < -0.4 is 11.1 Å². The van der Waals surface area contributed by atoms with Crippen LogP contribution in [0.2, 0.25) is 0 Å². The molecule has 0 aliphatic heterocycles. The van der Waals surface area contributed by atoms with Crippen molar-refractivity contribution in [1.82, 2.24) is 5.32 Å². The number of amides is 1. The lowest BCUT2D eigenvalue weighted by molar-refractivity contribution is -0.123. The molecular weight excluding hydrogens is 244 g/mol. The molecule has 1 amide bonds. The Labute approximate surface area is 116 Å². The SMILES string of the molecule is CC(CC(=O)NC1CCCC1C(N)=S)C(C)(C)C. The van der Waals surface area contributed by atoms with E-state index in [9.17, 15) is 4.79 Å². The number of carbonyl (C=O) groups is 1. The fourth-order valence-electron chi connectivity index (χ4n) is 2.32. The first-order valence-corrected chi connectivity index (χ1v) is 7.21. The zero-order valence-electron chi connectivity index (χ0n) is 12.0. The molecule has 1 saturated carbocycles. The minimum absolute atomic E-state index is 0.130. The Morgan fingerprint density at radius 2 is 2.06 bits per heavy atom. The fourth-order valence-corrected chi connectivity index (χ4v) is 2.61. The number of nitrogens with one attached hydrogen (secondary N) is 1. The Bertz CT molecular complexity index is 322. The maximum atomic E-state index is 12.0. The predicted octanol–water partition coefficient (Wildman–Crippen LogP) is 2.63. The Morgan fingerprint density at radius 1 is 1.44 bits per heavy atom. The summed E-state index contributed by atoms with van der Waals surface area (Å²) in [5, 5.41) is 3.11. The lowest BCUT2D eigenvalue weighted by Crippen LogP contribution is -2.42. The van der Waals surface area contributed by atoms with E-state index in [0.29, 0.717) is 17.3 Å². The molecule has 0 bridgehead atoms. The second-order valence-corrected chi connectivity index (χ2v) is 7.06. The van der Waals surface area contributed by atoms with Gasteiger partial charge in [0, 0.05) is 18.4 Å². The summed E-state index contributed by atoms with van der Waals surface area (Å²) < 4.78 is 0. The van der Waals surface area contributed by atoms with Gasteiger partial charge in [0.15, 0.2) is 0 Å². The monoisotopic (exact) mass is 270 g/mol. The lowest BCUT2D eigenvalue weighted by atomic mass is 9.80. The molecule has 0 heterocycles. The van der Waals surface area contributed by atoms with E-state index in [2.05, 4.69) is 33.0 Å². The summed E-state index contributed by atoms with van der Waals surface area (Å²) in [6.07, 6.45) is 3.68. The smallest absolute Gasteiger partial charge is 0.220 e. The maximum Gasteiger partial charge on any atom is 0.220 e. The molecule has 0 spiro atoms. The van der Waals surface area contributed by atoms with Gasteiger partial charge >= 0.3 is 0 Å². The molecule has 1 aliphatic rings. The van der Waals surface area contributed by atoms with Crippen molar-refractivity contribution in [2.75, 3.05) is 0 Å². The van der Waals surface area contributed by atoms with E-state index in [1.54, 1.807) is 0 Å². The average Bonchev–Trinajstić information content (AvgIpc) is 2.63. The first-order valence-electron chi connectivity index (χ1n) is 6.80. The van der Waals surface area contributed by atoms with Gasteiger partial charge in [-0.1, -0.05) is 46.3 Å². The summed E-state index contributed by atoms with van der Waals surface area (Å²) >= 11 is 5.06. The summed E-state index contributed by atoms with van der Waals surface area (Å²) in [5.41, 5.74) is 5.88. The molecule has 1 rings (SSSR count). The van der Waals surface area contributed by atoms with Gasteiger partial charge in [0.25, 0.3) is 0 Å². The highest BCUT2D eigenvalue weighted by Gasteiger charge is 2.31. The maximum absolute atomic E-state index is 12.0. The molecule has 18 heavy (non-hydrogen) atoms. The first-order chi connectivity index (χ1) is 8.21. The van der Waals surface area contributed by atoms with Gasteiger partial charge in [0.1, 0.15) is 0 Å². The van der Waals surface area contributed by atoms with Crippen molar-refractivity contribution in [3.8, 4) is 0 Å². The van der Waals surface area contributed by atoms with Crippen LogP contribution in [0.15, 0.2) is 0 Å². The molecule has 104 valence electrons. The van der Waals surface area contributed by atoms with Gasteiger partial charge in [-0.05, 0) is 24.2 Å². The number of thiocarbonyl (C=S) groups is 1. The first kappa shape index (κ1) is 15.4. The second-order valence-electron chi connectivity index (χ2n) is 6.58. The van der Waals surface area contributed by atoms with Crippen molar-refractivity contribution in [3.05, 3.63) is 0 Å². The third kappa shape index (κ3) is 4.23. The van der Waals surface area contributed by atoms with E-state index < -0.39 is 0 Å². The number of carbonyl (C=O) groups excluding carboxylic acids is 1. The van der Waals surface area contributed by atoms with Gasteiger partial charge in [-0.3, -0.25) is 4.79 Å². The van der Waals surface area contributed by atoms with Crippen molar-refractivity contribution < 1.29 is 4.79 Å². The lowest BCUT2D eigenvalue weighted by Gasteiger charge is -2.28. The predicted molar refractivity (Wildman–Crippen MR) is 79.3 cm³/mol. The zero-order chi connectivity index (χ0) is 13.9. The van der Waals surface area contributed by atoms with Gasteiger partial charge < -0.3 is 11.1 Å². The van der Waals surface area contributed by atoms with Crippen LogP contribution in [0.1, 0.15) is 53.4 Å². The molecule has 0 aromatic heterocycles. The summed E-state index contributed by atoms with van der Waals surface area (Å²) in [6.45, 7) is 8.62. The molecule has 3 unspecified atom stereocenters. The van der Waals surface area contributed by atoms with Crippen molar-refractivity contribution in [1.29, 1.82) is 0 Å². The molecule has 0 aromatic carbocycles. The van der Waals surface area contributed by atoms with Gasteiger partial charge in [-0.2, -0.15) is 0 Å². The zero-order valence-corrected chi connectivity index (χ0v) is 12.8. The van der Waals surface area contributed by atoms with E-state index >= 15 is 0 Å². The summed E-state index contributed by atoms with van der Waals surface area (Å²) in [4.78, 5) is 12.6. The molecule has 3 N–H and O–H groups in total. The van der Waals surface area contributed by atoms with Crippen molar-refractivity contribution in [2.24, 2.45) is 23.0 Å². The molecule has 3 atom stereocenters. The third-order valence-corrected chi connectivity index (χ3v) is 4.50. The summed E-state index contributed by atoms with van der Waals surface area (Å²) in [6, 6.07) is 0.155. The van der Waals surface area contributed by atoms with Crippen LogP contribution >= 0.6 is 12.2 Å². The van der Waals surface area contributed by atoms with Crippen molar-refractivity contribution in [2.45, 2.75) is 59.4 Å². The topological polar surface area (TPSA) is 55.1 Å². The highest BCUT2D eigenvalue weighted by Crippen LogP contribution is 2.29. The highest BCUT2D eigenvalue weighted by molar-refractivity contribution is 7.80. The Morgan fingerprint density at radius 3 is 2.56 bits per heavy atom. The average molecular weight is 270 g/mol. The fraction of sp³-hybridized carbons (Fsp3) is 0.857. The van der Waals surface area contributed by atoms with Crippen molar-refractivity contribution >= 4 is 23.1 Å². The molecule has 3 nitrogen and oxygen atoms in total. The molecule has 1 fully saturated rings. The van der Waals surface area contributed by atoms with Crippen LogP contribution in [0.5, 0.6) is 0 Å². The molecule has 1 aliphatic carbocycles. The van der Waals surface area contributed by atoms with Gasteiger partial charge in [-0.25, -0.2) is 0 Å². The van der Waals surface area contributed by atoms with Crippen LogP contribution in [0, 0.1) is 17.3 Å². The van der Waals surface area contributed by atoms with Gasteiger partial charge in [-0.15, -0.1) is 0 Å². The number of hydrogen-bond donors (Lipinski definition) is 2. The van der Waals surface area contributed by atoms with E-state index in [1.807, 2.05) is 0 Å². The molecule has 0 saturated heterocycles. The largest absolute Gasteiger partial charge is 0.393 e. The summed E-state index contributed by atoms with van der Waals surface area (Å²) in [5.74, 6) is 0.682. The Hall–Kier alpha value is -0.640. The summed E-state index contributed by atoms with van der Waals surface area (Å²) in [7, 11) is 0. The Kier molecular flexibility index (Phi) is 5.14. The second kappa shape index (κ2) is 6.00. The minimum Gasteiger partial charge on any atom is -0.393 e. The van der Waals surface area contributed by atoms with E-state index in [0.717, 1.165) is 19.3 Å². The molecule has 0 radical (unpaired) electrons. The van der Waals surface area contributed by atoms with Gasteiger partial charge in [0.05, 0.1) is 4.99 Å². The Balaban J connectivity index is 2.48. The van der Waals surface area contributed by atoms with Crippen LogP contribution in [0.25, 0.3) is 0 Å². The van der Waals surface area contributed by atoms with Crippen LogP contribution in [-0.2, 0) is 4.79 Å². The van der Waals surface area contributed by atoms with E-state index in [4.69, 9.17) is 18.0 Å². The number of rotatable bonds is 4. The highest BCUT2D eigenvalue weighted by atomic mass is 32.1. The quantitative estimate of drug-likeness (QED) is 0.772. The van der Waals surface area contributed by atoms with Crippen LogP contribution in [-0.4, -0.2) is 16.9 Å². The minimum atomic E-state index is 0.130. The van der Waals surface area contributed by atoms with E-state index in [-0.39, 0.29) is 23.3 Å². The van der Waals surface area contributed by atoms with Crippen LogP contribution in [0.4, 0.5) is 0 Å². The standard InChI is InChI=1S/C14H26N2OS/c1-9(14(2,3)4)8-12(17)16-11-7-5-6-10(11)13(15)18/h9-11H,5-8H2,1-4H3,(H2,15,18)(H,16,17). The number of hydrogen-bond acceptors (Lipinski definition) is 2. The molecular formula is C14H26N2OS. The third-order valence-electron chi connectivity index (χ3n) is 4.20. The molecule has 0 aromatic rings. The van der Waals surface area contributed by atoms with Gasteiger partial charge in [0.2, 0.25) is 5.91 Å². The van der Waals surface area contributed by atoms with E-state index in [1.165, 1.54) is 0 Å². The normalized spacial score (nSPS) is 25.8. The van der Waals surface area contributed by atoms with Crippen LogP contribution in [0.3, 0.4) is 0 Å². The number of nitrogens with two attached hydrogens (primary N) is 1. The van der Waals surface area contributed by atoms with Crippen molar-refractivity contribution in [3.63, 3.8) is 0 Å².